The summed E-state index contributed by atoms with van der Waals surface area (Å²) in [5, 5.41) is 4.65. The minimum absolute atomic E-state index is 0.147. The van der Waals surface area contributed by atoms with Crippen LogP contribution in [-0.4, -0.2) is 20.4 Å². The normalized spacial score (nSPS) is 11.0. The molecule has 29 heavy (non-hydrogen) atoms. The number of benzene rings is 2. The summed E-state index contributed by atoms with van der Waals surface area (Å²) in [6.07, 6.45) is 3.61. The largest absolute Gasteiger partial charge is 0.300 e. The maximum absolute atomic E-state index is 12.5. The highest BCUT2D eigenvalue weighted by atomic mass is 35.5. The summed E-state index contributed by atoms with van der Waals surface area (Å²) in [4.78, 5) is 34.2. The molecule has 0 aliphatic carbocycles. The molecule has 2 aromatic heterocycles. The number of hydrogen-bond donors (Lipinski definition) is 1. The average Bonchev–Trinajstić information content (AvgIpc) is 3.14. The van der Waals surface area contributed by atoms with E-state index in [-0.39, 0.29) is 18.0 Å². The molecule has 9 heteroatoms. The summed E-state index contributed by atoms with van der Waals surface area (Å²) in [6.45, 7) is -0.147. The van der Waals surface area contributed by atoms with Crippen molar-refractivity contribution in [3.05, 3.63) is 85.8 Å². The van der Waals surface area contributed by atoms with Gasteiger partial charge in [-0.05, 0) is 23.8 Å². The molecule has 146 valence electrons. The summed E-state index contributed by atoms with van der Waals surface area (Å²) in [6, 6.07) is 12.5. The first-order chi connectivity index (χ1) is 14.0. The van der Waals surface area contributed by atoms with Crippen molar-refractivity contribution in [2.75, 3.05) is 5.32 Å². The van der Waals surface area contributed by atoms with Crippen LogP contribution in [0.4, 0.5) is 5.13 Å². The summed E-state index contributed by atoms with van der Waals surface area (Å²) in [5.74, 6) is -0.356. The summed E-state index contributed by atoms with van der Waals surface area (Å²) in [5.41, 5.74) is 1.22. The number of amides is 1. The average molecular weight is 445 g/mol. The first kappa shape index (κ1) is 19.6. The van der Waals surface area contributed by atoms with Gasteiger partial charge in [-0.15, -0.1) is 11.3 Å². The van der Waals surface area contributed by atoms with E-state index in [1.165, 1.54) is 22.2 Å². The Labute approximate surface area is 179 Å². The standard InChI is InChI=1S/C20H14Cl2N4O2S/c21-15-6-3-4-12(18(15)22)8-13-9-23-20(29-13)25-17(27)10-26-11-24-16-7-2-1-5-14(16)19(26)28/h1-7,9,11H,8,10H2,(H,23,25,27). The van der Waals surface area contributed by atoms with Crippen LogP contribution in [0, 0.1) is 0 Å². The number of fused-ring (bicyclic) bond motifs is 1. The van der Waals surface area contributed by atoms with Crippen LogP contribution in [-0.2, 0) is 17.8 Å². The summed E-state index contributed by atoms with van der Waals surface area (Å²) in [7, 11) is 0. The molecule has 2 aromatic carbocycles. The van der Waals surface area contributed by atoms with Crippen LogP contribution < -0.4 is 10.9 Å². The Kier molecular flexibility index (Phi) is 5.62. The predicted molar refractivity (Wildman–Crippen MR) is 116 cm³/mol. The molecule has 0 aliphatic heterocycles. The predicted octanol–water partition coefficient (Wildman–Crippen LogP) is 4.39. The number of carbonyl (C=O) groups excluding carboxylic acids is 1. The molecule has 4 aromatic rings. The van der Waals surface area contributed by atoms with Gasteiger partial charge in [-0.25, -0.2) is 9.97 Å². The smallest absolute Gasteiger partial charge is 0.261 e. The van der Waals surface area contributed by atoms with E-state index in [2.05, 4.69) is 15.3 Å². The van der Waals surface area contributed by atoms with E-state index < -0.39 is 0 Å². The van der Waals surface area contributed by atoms with Gasteiger partial charge in [-0.2, -0.15) is 0 Å². The maximum Gasteiger partial charge on any atom is 0.261 e. The number of nitrogens with one attached hydrogen (secondary N) is 1. The van der Waals surface area contributed by atoms with Gasteiger partial charge in [0.2, 0.25) is 5.91 Å². The van der Waals surface area contributed by atoms with E-state index >= 15 is 0 Å². The van der Waals surface area contributed by atoms with Crippen molar-refractivity contribution in [3.8, 4) is 0 Å². The Morgan fingerprint density at radius 1 is 1.10 bits per heavy atom. The zero-order valence-corrected chi connectivity index (χ0v) is 17.3. The molecule has 0 unspecified atom stereocenters. The number of para-hydroxylation sites is 1. The fourth-order valence-corrected chi connectivity index (χ4v) is 4.09. The second-order valence-corrected chi connectivity index (χ2v) is 8.16. The monoisotopic (exact) mass is 444 g/mol. The van der Waals surface area contributed by atoms with Gasteiger partial charge in [0.15, 0.2) is 5.13 Å². The number of nitrogens with zero attached hydrogens (tertiary/aromatic N) is 3. The molecule has 1 amide bonds. The van der Waals surface area contributed by atoms with Crippen molar-refractivity contribution in [2.45, 2.75) is 13.0 Å². The van der Waals surface area contributed by atoms with Crippen LogP contribution in [0.25, 0.3) is 10.9 Å². The number of anilines is 1. The summed E-state index contributed by atoms with van der Waals surface area (Å²) < 4.78 is 1.28. The highest BCUT2D eigenvalue weighted by molar-refractivity contribution is 7.15. The molecule has 0 atom stereocenters. The second-order valence-electron chi connectivity index (χ2n) is 6.26. The van der Waals surface area contributed by atoms with E-state index in [0.717, 1.165) is 10.4 Å². The molecule has 6 nitrogen and oxygen atoms in total. The molecule has 0 bridgehead atoms. The molecular formula is C20H14Cl2N4O2S. The minimum atomic E-state index is -0.356. The molecule has 4 rings (SSSR count). The minimum Gasteiger partial charge on any atom is -0.300 e. The first-order valence-corrected chi connectivity index (χ1v) is 10.2. The Morgan fingerprint density at radius 3 is 2.79 bits per heavy atom. The lowest BCUT2D eigenvalue weighted by molar-refractivity contribution is -0.116. The molecule has 0 radical (unpaired) electrons. The van der Waals surface area contributed by atoms with Crippen molar-refractivity contribution in [3.63, 3.8) is 0 Å². The van der Waals surface area contributed by atoms with Gasteiger partial charge in [-0.3, -0.25) is 14.2 Å². The van der Waals surface area contributed by atoms with Gasteiger partial charge in [0, 0.05) is 17.5 Å². The van der Waals surface area contributed by atoms with Crippen molar-refractivity contribution in [2.24, 2.45) is 0 Å². The molecule has 0 saturated carbocycles. The number of thiazole rings is 1. The summed E-state index contributed by atoms with van der Waals surface area (Å²) >= 11 is 13.6. The molecule has 0 saturated heterocycles. The van der Waals surface area contributed by atoms with Gasteiger partial charge in [-0.1, -0.05) is 47.5 Å². The van der Waals surface area contributed by atoms with E-state index in [0.29, 0.717) is 32.5 Å². The molecule has 0 fully saturated rings. The molecule has 0 spiro atoms. The van der Waals surface area contributed by atoms with Gasteiger partial charge < -0.3 is 5.32 Å². The van der Waals surface area contributed by atoms with Crippen LogP contribution in [0.2, 0.25) is 10.0 Å². The second kappa shape index (κ2) is 8.32. The fourth-order valence-electron chi connectivity index (χ4n) is 2.85. The number of halogens is 2. The Bertz CT molecular complexity index is 1270. The number of aromatic nitrogens is 3. The number of hydrogen-bond acceptors (Lipinski definition) is 5. The van der Waals surface area contributed by atoms with Crippen molar-refractivity contribution in [1.29, 1.82) is 0 Å². The molecular weight excluding hydrogens is 431 g/mol. The van der Waals surface area contributed by atoms with Crippen LogP contribution in [0.1, 0.15) is 10.4 Å². The SMILES string of the molecule is O=C(Cn1cnc2ccccc2c1=O)Nc1ncc(Cc2cccc(Cl)c2Cl)s1. The molecule has 2 heterocycles. The van der Waals surface area contributed by atoms with E-state index in [9.17, 15) is 9.59 Å². The van der Waals surface area contributed by atoms with E-state index in [1.54, 1.807) is 30.5 Å². The van der Waals surface area contributed by atoms with Gasteiger partial charge in [0.05, 0.1) is 27.3 Å². The Balaban J connectivity index is 1.45. The van der Waals surface area contributed by atoms with Gasteiger partial charge in [0.25, 0.3) is 5.56 Å². The first-order valence-electron chi connectivity index (χ1n) is 8.63. The van der Waals surface area contributed by atoms with E-state index in [1.807, 2.05) is 18.2 Å². The van der Waals surface area contributed by atoms with E-state index in [4.69, 9.17) is 23.2 Å². The molecule has 1 N–H and O–H groups in total. The van der Waals surface area contributed by atoms with Crippen molar-refractivity contribution in [1.82, 2.24) is 14.5 Å². The zero-order valence-electron chi connectivity index (χ0n) is 14.9. The number of carbonyl (C=O) groups is 1. The quantitative estimate of drug-likeness (QED) is 0.495. The Hall–Kier alpha value is -2.74. The highest BCUT2D eigenvalue weighted by Crippen LogP contribution is 2.29. The van der Waals surface area contributed by atoms with Crippen molar-refractivity contribution >= 4 is 56.5 Å². The van der Waals surface area contributed by atoms with Crippen LogP contribution in [0.5, 0.6) is 0 Å². The van der Waals surface area contributed by atoms with Crippen LogP contribution in [0.3, 0.4) is 0 Å². The van der Waals surface area contributed by atoms with Crippen molar-refractivity contribution < 1.29 is 4.79 Å². The lowest BCUT2D eigenvalue weighted by Gasteiger charge is -2.06. The molecule has 0 aliphatic rings. The van der Waals surface area contributed by atoms with Gasteiger partial charge >= 0.3 is 0 Å². The fraction of sp³-hybridized carbons (Fsp3) is 0.100. The lowest BCUT2D eigenvalue weighted by atomic mass is 10.1. The van der Waals surface area contributed by atoms with Gasteiger partial charge in [0.1, 0.15) is 6.54 Å². The van der Waals surface area contributed by atoms with Crippen LogP contribution >= 0.6 is 34.5 Å². The maximum atomic E-state index is 12.5. The third kappa shape index (κ3) is 4.32. The number of rotatable bonds is 5. The topological polar surface area (TPSA) is 76.9 Å². The highest BCUT2D eigenvalue weighted by Gasteiger charge is 2.12. The third-order valence-corrected chi connectivity index (χ3v) is 6.01. The van der Waals surface area contributed by atoms with Crippen LogP contribution in [0.15, 0.2) is 59.8 Å². The zero-order chi connectivity index (χ0) is 20.4. The third-order valence-electron chi connectivity index (χ3n) is 4.24. The lowest BCUT2D eigenvalue weighted by Crippen LogP contribution is -2.27. The Morgan fingerprint density at radius 2 is 1.93 bits per heavy atom.